The third kappa shape index (κ3) is 2.74. The van der Waals surface area contributed by atoms with Crippen LogP contribution in [-0.2, 0) is 13.5 Å². The minimum absolute atomic E-state index is 0.957. The fourth-order valence-electron chi connectivity index (χ4n) is 1.84. The summed E-state index contributed by atoms with van der Waals surface area (Å²) in [6.07, 6.45) is 3.05. The summed E-state index contributed by atoms with van der Waals surface area (Å²) < 4.78 is 2.10. The molecule has 1 N–H and O–H groups in total. The SMILES string of the molecule is CNCCc1nc(-c2ccc(C)cc2)cn1C. The molecule has 90 valence electrons. The Kier molecular flexibility index (Phi) is 3.59. The zero-order valence-corrected chi connectivity index (χ0v) is 10.7. The van der Waals surface area contributed by atoms with E-state index in [0.29, 0.717) is 0 Å². The van der Waals surface area contributed by atoms with Crippen LogP contribution in [0.15, 0.2) is 30.5 Å². The number of hydrogen-bond acceptors (Lipinski definition) is 2. The van der Waals surface area contributed by atoms with E-state index in [4.69, 9.17) is 0 Å². The molecule has 0 amide bonds. The summed E-state index contributed by atoms with van der Waals surface area (Å²) in [6, 6.07) is 8.49. The van der Waals surface area contributed by atoms with Crippen molar-refractivity contribution in [3.05, 3.63) is 41.9 Å². The van der Waals surface area contributed by atoms with Gasteiger partial charge < -0.3 is 9.88 Å². The second-order valence-electron chi connectivity index (χ2n) is 4.37. The van der Waals surface area contributed by atoms with Gasteiger partial charge in [0.05, 0.1) is 5.69 Å². The second-order valence-corrected chi connectivity index (χ2v) is 4.37. The van der Waals surface area contributed by atoms with E-state index in [9.17, 15) is 0 Å². The number of aromatic nitrogens is 2. The van der Waals surface area contributed by atoms with Crippen LogP contribution >= 0.6 is 0 Å². The maximum absolute atomic E-state index is 4.67. The van der Waals surface area contributed by atoms with Crippen LogP contribution in [0.1, 0.15) is 11.4 Å². The summed E-state index contributed by atoms with van der Waals surface area (Å²) in [5, 5.41) is 3.15. The topological polar surface area (TPSA) is 29.9 Å². The maximum Gasteiger partial charge on any atom is 0.110 e. The van der Waals surface area contributed by atoms with E-state index in [0.717, 1.165) is 24.5 Å². The summed E-state index contributed by atoms with van der Waals surface area (Å²) in [5.41, 5.74) is 3.51. The van der Waals surface area contributed by atoms with Crippen LogP contribution in [0.4, 0.5) is 0 Å². The zero-order valence-electron chi connectivity index (χ0n) is 10.7. The van der Waals surface area contributed by atoms with Gasteiger partial charge in [0.2, 0.25) is 0 Å². The number of nitrogens with zero attached hydrogens (tertiary/aromatic N) is 2. The Bertz CT molecular complexity index is 483. The first-order chi connectivity index (χ1) is 8.20. The van der Waals surface area contributed by atoms with Gasteiger partial charge in [-0.15, -0.1) is 0 Å². The maximum atomic E-state index is 4.67. The summed E-state index contributed by atoms with van der Waals surface area (Å²) in [7, 11) is 4.01. The fraction of sp³-hybridized carbons (Fsp3) is 0.357. The Balaban J connectivity index is 2.24. The van der Waals surface area contributed by atoms with Gasteiger partial charge in [-0.2, -0.15) is 0 Å². The molecule has 0 radical (unpaired) electrons. The van der Waals surface area contributed by atoms with E-state index in [1.165, 1.54) is 11.1 Å². The highest BCUT2D eigenvalue weighted by molar-refractivity contribution is 5.58. The van der Waals surface area contributed by atoms with Crippen molar-refractivity contribution in [2.24, 2.45) is 7.05 Å². The van der Waals surface area contributed by atoms with Crippen LogP contribution < -0.4 is 5.32 Å². The zero-order chi connectivity index (χ0) is 12.3. The van der Waals surface area contributed by atoms with Gasteiger partial charge in [0.1, 0.15) is 5.82 Å². The molecule has 3 heteroatoms. The van der Waals surface area contributed by atoms with Crippen molar-refractivity contribution in [1.29, 1.82) is 0 Å². The number of nitrogens with one attached hydrogen (secondary N) is 1. The van der Waals surface area contributed by atoms with E-state index in [2.05, 4.69) is 59.3 Å². The van der Waals surface area contributed by atoms with Gasteiger partial charge in [-0.05, 0) is 14.0 Å². The van der Waals surface area contributed by atoms with Gasteiger partial charge in [-0.25, -0.2) is 4.98 Å². The van der Waals surface area contributed by atoms with Crippen LogP contribution in [0.3, 0.4) is 0 Å². The standard InChI is InChI=1S/C14H19N3/c1-11-4-6-12(7-5-11)13-10-17(3)14(16-13)8-9-15-2/h4-7,10,15H,8-9H2,1-3H3. The van der Waals surface area contributed by atoms with Crippen LogP contribution in [0.5, 0.6) is 0 Å². The lowest BCUT2D eigenvalue weighted by Gasteiger charge is -1.99. The molecule has 0 saturated carbocycles. The normalized spacial score (nSPS) is 10.8. The predicted molar refractivity (Wildman–Crippen MR) is 71.0 cm³/mol. The monoisotopic (exact) mass is 229 g/mol. The molecule has 0 aliphatic carbocycles. The number of likely N-dealkylation sites (N-methyl/N-ethyl adjacent to an activating group) is 1. The largest absolute Gasteiger partial charge is 0.337 e. The second kappa shape index (κ2) is 5.15. The van der Waals surface area contributed by atoms with Crippen molar-refractivity contribution in [3.8, 4) is 11.3 Å². The Morgan fingerprint density at radius 2 is 1.94 bits per heavy atom. The van der Waals surface area contributed by atoms with Crippen molar-refractivity contribution in [1.82, 2.24) is 14.9 Å². The Hall–Kier alpha value is -1.61. The molecule has 0 unspecified atom stereocenters. The highest BCUT2D eigenvalue weighted by Crippen LogP contribution is 2.18. The van der Waals surface area contributed by atoms with Gasteiger partial charge >= 0.3 is 0 Å². The molecule has 1 heterocycles. The van der Waals surface area contributed by atoms with Gasteiger partial charge in [0.15, 0.2) is 0 Å². The first kappa shape index (κ1) is 11.9. The smallest absolute Gasteiger partial charge is 0.110 e. The van der Waals surface area contributed by atoms with Crippen LogP contribution in [0.2, 0.25) is 0 Å². The molecule has 0 saturated heterocycles. The third-order valence-corrected chi connectivity index (χ3v) is 2.92. The number of benzene rings is 1. The van der Waals surface area contributed by atoms with E-state index in [1.807, 2.05) is 7.05 Å². The number of rotatable bonds is 4. The minimum atomic E-state index is 0.957. The van der Waals surface area contributed by atoms with E-state index in [-0.39, 0.29) is 0 Å². The summed E-state index contributed by atoms with van der Waals surface area (Å²) in [6.45, 7) is 3.05. The molecule has 3 nitrogen and oxygen atoms in total. The third-order valence-electron chi connectivity index (χ3n) is 2.92. The van der Waals surface area contributed by atoms with Crippen LogP contribution in [0.25, 0.3) is 11.3 Å². The van der Waals surface area contributed by atoms with Crippen molar-refractivity contribution in [2.45, 2.75) is 13.3 Å². The lowest BCUT2D eigenvalue weighted by molar-refractivity contribution is 0.718. The molecule has 1 aromatic heterocycles. The van der Waals surface area contributed by atoms with E-state index >= 15 is 0 Å². The predicted octanol–water partition coefficient (Wildman–Crippen LogP) is 2.16. The number of imidazole rings is 1. The van der Waals surface area contributed by atoms with Crippen LogP contribution in [0, 0.1) is 6.92 Å². The lowest BCUT2D eigenvalue weighted by Crippen LogP contribution is -2.12. The Morgan fingerprint density at radius 1 is 1.24 bits per heavy atom. The lowest BCUT2D eigenvalue weighted by atomic mass is 10.1. The number of aryl methyl sites for hydroxylation is 2. The van der Waals surface area contributed by atoms with Crippen molar-refractivity contribution >= 4 is 0 Å². The minimum Gasteiger partial charge on any atom is -0.337 e. The summed E-state index contributed by atoms with van der Waals surface area (Å²) >= 11 is 0. The summed E-state index contributed by atoms with van der Waals surface area (Å²) in [5.74, 6) is 1.12. The molecule has 0 aliphatic heterocycles. The molecular weight excluding hydrogens is 210 g/mol. The van der Waals surface area contributed by atoms with E-state index in [1.54, 1.807) is 0 Å². The molecule has 0 bridgehead atoms. The highest BCUT2D eigenvalue weighted by atomic mass is 15.0. The molecule has 0 aliphatic rings. The molecule has 17 heavy (non-hydrogen) atoms. The van der Waals surface area contributed by atoms with E-state index < -0.39 is 0 Å². The molecule has 0 fully saturated rings. The van der Waals surface area contributed by atoms with Gasteiger partial charge in [-0.1, -0.05) is 29.8 Å². The van der Waals surface area contributed by atoms with Gasteiger partial charge in [-0.3, -0.25) is 0 Å². The molecule has 2 aromatic rings. The molecule has 2 rings (SSSR count). The average molecular weight is 229 g/mol. The molecule has 1 aromatic carbocycles. The summed E-state index contributed by atoms with van der Waals surface area (Å²) in [4.78, 5) is 4.67. The highest BCUT2D eigenvalue weighted by Gasteiger charge is 2.06. The van der Waals surface area contributed by atoms with Crippen molar-refractivity contribution in [3.63, 3.8) is 0 Å². The molecular formula is C14H19N3. The van der Waals surface area contributed by atoms with Crippen molar-refractivity contribution < 1.29 is 0 Å². The van der Waals surface area contributed by atoms with Crippen LogP contribution in [-0.4, -0.2) is 23.1 Å². The van der Waals surface area contributed by atoms with Crippen molar-refractivity contribution in [2.75, 3.05) is 13.6 Å². The Morgan fingerprint density at radius 3 is 2.59 bits per heavy atom. The Labute approximate surface area is 103 Å². The molecule has 0 atom stereocenters. The first-order valence-corrected chi connectivity index (χ1v) is 5.94. The fourth-order valence-corrected chi connectivity index (χ4v) is 1.84. The number of hydrogen-bond donors (Lipinski definition) is 1. The average Bonchev–Trinajstić information content (AvgIpc) is 2.69. The van der Waals surface area contributed by atoms with Gasteiger partial charge in [0.25, 0.3) is 0 Å². The molecule has 0 spiro atoms. The quantitative estimate of drug-likeness (QED) is 0.870. The van der Waals surface area contributed by atoms with Gasteiger partial charge in [0, 0.05) is 31.8 Å². The first-order valence-electron chi connectivity index (χ1n) is 5.94.